The topological polar surface area (TPSA) is 49.3 Å². The minimum absolute atomic E-state index is 0.108. The van der Waals surface area contributed by atoms with Gasteiger partial charge in [-0.1, -0.05) is 64.4 Å². The van der Waals surface area contributed by atoms with E-state index in [1.807, 2.05) is 6.07 Å². The zero-order valence-corrected chi connectivity index (χ0v) is 17.3. The lowest BCUT2D eigenvalue weighted by molar-refractivity contribution is -0.120. The molecule has 1 amide bonds. The third-order valence-electron chi connectivity index (χ3n) is 5.24. The summed E-state index contributed by atoms with van der Waals surface area (Å²) in [6.07, 6.45) is 14.6. The minimum Gasteiger partial charge on any atom is -0.505 e. The third kappa shape index (κ3) is 9.78. The van der Waals surface area contributed by atoms with Gasteiger partial charge in [0.1, 0.15) is 0 Å². The van der Waals surface area contributed by atoms with Crippen molar-refractivity contribution in [3.63, 3.8) is 0 Å². The number of rotatable bonds is 15. The smallest absolute Gasteiger partial charge is 0.219 e. The van der Waals surface area contributed by atoms with E-state index in [1.165, 1.54) is 31.7 Å². The largest absolute Gasteiger partial charge is 0.505 e. The molecule has 1 rings (SSSR count). The molecule has 1 aromatic rings. The van der Waals surface area contributed by atoms with Crippen LogP contribution in [0.2, 0.25) is 0 Å². The quantitative estimate of drug-likeness (QED) is 0.364. The molecular formula is C23H38FNO2. The fourth-order valence-corrected chi connectivity index (χ4v) is 3.50. The van der Waals surface area contributed by atoms with Crippen LogP contribution in [0.3, 0.4) is 0 Å². The Labute approximate surface area is 164 Å². The number of nitrogens with one attached hydrogen (secondary N) is 1. The summed E-state index contributed by atoms with van der Waals surface area (Å²) >= 11 is 0. The average Bonchev–Trinajstić information content (AvgIpc) is 2.67. The Balaban J connectivity index is 2.36. The van der Waals surface area contributed by atoms with Gasteiger partial charge in [-0.25, -0.2) is 4.39 Å². The number of aryl methyl sites for hydroxylation is 1. The summed E-state index contributed by atoms with van der Waals surface area (Å²) in [5.41, 5.74) is 1.90. The first kappa shape index (κ1) is 23.5. The molecule has 27 heavy (non-hydrogen) atoms. The van der Waals surface area contributed by atoms with Crippen molar-refractivity contribution < 1.29 is 14.3 Å². The zero-order chi connectivity index (χ0) is 19.9. The molecule has 0 heterocycles. The van der Waals surface area contributed by atoms with Crippen LogP contribution in [-0.4, -0.2) is 18.1 Å². The molecule has 0 aliphatic carbocycles. The summed E-state index contributed by atoms with van der Waals surface area (Å²) in [4.78, 5) is 11.2. The van der Waals surface area contributed by atoms with Crippen molar-refractivity contribution >= 4 is 5.91 Å². The number of benzene rings is 1. The number of phenols is 1. The van der Waals surface area contributed by atoms with E-state index in [2.05, 4.69) is 12.2 Å². The number of carbonyl (C=O) groups is 1. The molecule has 4 heteroatoms. The van der Waals surface area contributed by atoms with E-state index in [-0.39, 0.29) is 11.7 Å². The number of aromatic hydroxyl groups is 1. The van der Waals surface area contributed by atoms with Crippen LogP contribution in [0.1, 0.15) is 95.1 Å². The molecule has 0 saturated carbocycles. The lowest BCUT2D eigenvalue weighted by Crippen LogP contribution is -2.16. The van der Waals surface area contributed by atoms with Crippen LogP contribution < -0.4 is 5.32 Å². The van der Waals surface area contributed by atoms with Gasteiger partial charge in [-0.2, -0.15) is 0 Å². The van der Waals surface area contributed by atoms with Gasteiger partial charge in [0, 0.05) is 19.0 Å². The number of phenolic OH excluding ortho intramolecular Hbond substituents is 1. The van der Waals surface area contributed by atoms with E-state index in [0.717, 1.165) is 68.9 Å². The van der Waals surface area contributed by atoms with Gasteiger partial charge in [0.15, 0.2) is 11.6 Å². The molecule has 0 aliphatic rings. The van der Waals surface area contributed by atoms with Crippen molar-refractivity contribution in [3.8, 4) is 5.75 Å². The summed E-state index contributed by atoms with van der Waals surface area (Å²) in [6, 6.07) is 3.23. The highest BCUT2D eigenvalue weighted by Gasteiger charge is 2.12. The molecule has 0 atom stereocenters. The highest BCUT2D eigenvalue weighted by atomic mass is 19.1. The molecule has 0 saturated heterocycles. The van der Waals surface area contributed by atoms with Crippen molar-refractivity contribution in [2.75, 3.05) is 7.05 Å². The number of hydrogen-bond donors (Lipinski definition) is 2. The normalized spacial score (nSPS) is 10.9. The first-order chi connectivity index (χ1) is 13.1. The molecule has 0 fully saturated rings. The van der Waals surface area contributed by atoms with Gasteiger partial charge in [0.2, 0.25) is 5.91 Å². The van der Waals surface area contributed by atoms with E-state index < -0.39 is 5.82 Å². The zero-order valence-electron chi connectivity index (χ0n) is 17.3. The molecule has 0 aliphatic heterocycles. The fourth-order valence-electron chi connectivity index (χ4n) is 3.50. The molecular weight excluding hydrogens is 341 g/mol. The van der Waals surface area contributed by atoms with E-state index in [9.17, 15) is 14.3 Å². The second-order valence-electron chi connectivity index (χ2n) is 7.49. The lowest BCUT2D eigenvalue weighted by atomic mass is 9.95. The van der Waals surface area contributed by atoms with Crippen molar-refractivity contribution in [2.45, 2.75) is 96.8 Å². The van der Waals surface area contributed by atoms with Crippen molar-refractivity contribution in [3.05, 3.63) is 29.1 Å². The molecule has 0 unspecified atom stereocenters. The Hall–Kier alpha value is -1.58. The summed E-state index contributed by atoms with van der Waals surface area (Å²) in [5.74, 6) is -0.545. The van der Waals surface area contributed by atoms with Crippen LogP contribution in [0.15, 0.2) is 12.1 Å². The third-order valence-corrected chi connectivity index (χ3v) is 5.24. The molecule has 154 valence electrons. The summed E-state index contributed by atoms with van der Waals surface area (Å²) < 4.78 is 13.8. The van der Waals surface area contributed by atoms with Gasteiger partial charge < -0.3 is 10.4 Å². The Bertz CT molecular complexity index is 545. The number of halogens is 1. The van der Waals surface area contributed by atoms with E-state index >= 15 is 0 Å². The SMILES string of the molecule is CCCCCCCCc1c(CCCCCCCC(=O)NC)ccc(F)c1O. The Morgan fingerprint density at radius 3 is 2.19 bits per heavy atom. The highest BCUT2D eigenvalue weighted by Crippen LogP contribution is 2.28. The number of hydrogen-bond acceptors (Lipinski definition) is 2. The molecule has 1 aromatic carbocycles. The van der Waals surface area contributed by atoms with Crippen molar-refractivity contribution in [1.29, 1.82) is 0 Å². The highest BCUT2D eigenvalue weighted by molar-refractivity contribution is 5.75. The molecule has 0 aromatic heterocycles. The molecule has 2 N–H and O–H groups in total. The van der Waals surface area contributed by atoms with Gasteiger partial charge >= 0.3 is 0 Å². The van der Waals surface area contributed by atoms with Crippen LogP contribution in [0.5, 0.6) is 5.75 Å². The predicted octanol–water partition coefficient (Wildman–Crippen LogP) is 6.06. The van der Waals surface area contributed by atoms with Crippen LogP contribution in [0.25, 0.3) is 0 Å². The van der Waals surface area contributed by atoms with E-state index in [0.29, 0.717) is 6.42 Å². The number of amides is 1. The Kier molecular flexibility index (Phi) is 12.6. The molecule has 0 bridgehead atoms. The Morgan fingerprint density at radius 1 is 0.926 bits per heavy atom. The van der Waals surface area contributed by atoms with Gasteiger partial charge in [-0.05, 0) is 43.7 Å². The molecule has 0 spiro atoms. The van der Waals surface area contributed by atoms with Crippen molar-refractivity contribution in [1.82, 2.24) is 5.32 Å². The number of carbonyl (C=O) groups excluding carboxylic acids is 1. The fraction of sp³-hybridized carbons (Fsp3) is 0.696. The Morgan fingerprint density at radius 2 is 1.52 bits per heavy atom. The summed E-state index contributed by atoms with van der Waals surface area (Å²) in [6.45, 7) is 2.21. The lowest BCUT2D eigenvalue weighted by Gasteiger charge is -2.12. The van der Waals surface area contributed by atoms with E-state index in [4.69, 9.17) is 0 Å². The van der Waals surface area contributed by atoms with Gasteiger partial charge in [0.25, 0.3) is 0 Å². The average molecular weight is 380 g/mol. The van der Waals surface area contributed by atoms with Crippen LogP contribution in [-0.2, 0) is 17.6 Å². The van der Waals surface area contributed by atoms with Gasteiger partial charge in [-0.15, -0.1) is 0 Å². The van der Waals surface area contributed by atoms with Gasteiger partial charge in [-0.3, -0.25) is 4.79 Å². The second kappa shape index (κ2) is 14.5. The second-order valence-corrected chi connectivity index (χ2v) is 7.49. The van der Waals surface area contributed by atoms with E-state index in [1.54, 1.807) is 7.05 Å². The number of unbranched alkanes of at least 4 members (excludes halogenated alkanes) is 9. The maximum atomic E-state index is 13.8. The first-order valence-corrected chi connectivity index (χ1v) is 10.8. The monoisotopic (exact) mass is 379 g/mol. The van der Waals surface area contributed by atoms with Gasteiger partial charge in [0.05, 0.1) is 0 Å². The maximum absolute atomic E-state index is 13.8. The van der Waals surface area contributed by atoms with Crippen LogP contribution in [0, 0.1) is 5.82 Å². The summed E-state index contributed by atoms with van der Waals surface area (Å²) in [7, 11) is 1.67. The molecule has 3 nitrogen and oxygen atoms in total. The predicted molar refractivity (Wildman–Crippen MR) is 111 cm³/mol. The first-order valence-electron chi connectivity index (χ1n) is 10.8. The summed E-state index contributed by atoms with van der Waals surface area (Å²) in [5, 5.41) is 12.8. The molecule has 0 radical (unpaired) electrons. The van der Waals surface area contributed by atoms with Crippen LogP contribution in [0.4, 0.5) is 4.39 Å². The van der Waals surface area contributed by atoms with Crippen molar-refractivity contribution in [2.24, 2.45) is 0 Å². The maximum Gasteiger partial charge on any atom is 0.219 e. The van der Waals surface area contributed by atoms with Crippen LogP contribution >= 0.6 is 0 Å². The minimum atomic E-state index is -0.506. The standard InChI is InChI=1S/C23H38FNO2/c1-3-4-5-6-9-12-15-20-19(17-18-21(24)23(20)27)14-11-8-7-10-13-16-22(26)25-2/h17-18,27H,3-16H2,1-2H3,(H,25,26).